The summed E-state index contributed by atoms with van der Waals surface area (Å²) < 4.78 is 6.29. The van der Waals surface area contributed by atoms with Gasteiger partial charge in [0.05, 0.1) is 25.0 Å². The summed E-state index contributed by atoms with van der Waals surface area (Å²) in [6, 6.07) is 0.365. The topological polar surface area (TPSA) is 56.1 Å². The molecule has 2 rings (SSSR count). The number of hydrogen-bond donors (Lipinski definition) is 1. The van der Waals surface area contributed by atoms with E-state index in [1.807, 2.05) is 0 Å². The molecular formula is C15H24ClN3O2. The van der Waals surface area contributed by atoms with E-state index in [2.05, 4.69) is 24.3 Å². The molecule has 0 aliphatic heterocycles. The molecule has 1 saturated carbocycles. The van der Waals surface area contributed by atoms with Crippen LogP contribution in [0, 0.1) is 11.8 Å². The molecular weight excluding hydrogens is 290 g/mol. The molecule has 3 unspecified atom stereocenters. The maximum atomic E-state index is 12.1. The van der Waals surface area contributed by atoms with Gasteiger partial charge in [0.25, 0.3) is 5.56 Å². The predicted octanol–water partition coefficient (Wildman–Crippen LogP) is 2.78. The third-order valence-corrected chi connectivity index (χ3v) is 4.82. The number of methoxy groups -OCH3 is 1. The first-order valence-electron chi connectivity index (χ1n) is 7.54. The lowest BCUT2D eigenvalue weighted by molar-refractivity contribution is 0.182. The van der Waals surface area contributed by atoms with E-state index in [9.17, 15) is 4.79 Å². The lowest BCUT2D eigenvalue weighted by Gasteiger charge is -2.33. The standard InChI is InChI=1S/C15H24ClN3O2/c1-10-4-5-12(8-11(10)2)18-13-9-17-19(6-7-21-3)15(20)14(13)16/h9-12,18H,4-8H2,1-3H3. The Morgan fingerprint density at radius 3 is 2.86 bits per heavy atom. The second-order valence-electron chi connectivity index (χ2n) is 6.00. The van der Waals surface area contributed by atoms with Crippen molar-refractivity contribution in [3.8, 4) is 0 Å². The molecule has 0 spiro atoms. The molecule has 21 heavy (non-hydrogen) atoms. The van der Waals surface area contributed by atoms with Gasteiger partial charge in [-0.05, 0) is 31.1 Å². The summed E-state index contributed by atoms with van der Waals surface area (Å²) in [6.45, 7) is 5.43. The van der Waals surface area contributed by atoms with Crippen molar-refractivity contribution in [2.75, 3.05) is 19.0 Å². The third-order valence-electron chi connectivity index (χ3n) is 4.45. The van der Waals surface area contributed by atoms with Crippen LogP contribution in [0.25, 0.3) is 0 Å². The summed E-state index contributed by atoms with van der Waals surface area (Å²) in [5.74, 6) is 1.45. The van der Waals surface area contributed by atoms with Gasteiger partial charge in [0.1, 0.15) is 5.02 Å². The van der Waals surface area contributed by atoms with Gasteiger partial charge in [-0.25, -0.2) is 4.68 Å². The lowest BCUT2D eigenvalue weighted by atomic mass is 9.79. The van der Waals surface area contributed by atoms with E-state index in [1.165, 1.54) is 11.1 Å². The molecule has 0 aromatic carbocycles. The maximum Gasteiger partial charge on any atom is 0.287 e. The molecule has 5 nitrogen and oxygen atoms in total. The third kappa shape index (κ3) is 3.98. The Bertz CT molecular complexity index is 532. The summed E-state index contributed by atoms with van der Waals surface area (Å²) in [7, 11) is 1.59. The smallest absolute Gasteiger partial charge is 0.287 e. The van der Waals surface area contributed by atoms with E-state index in [-0.39, 0.29) is 10.6 Å². The van der Waals surface area contributed by atoms with Gasteiger partial charge in [-0.15, -0.1) is 0 Å². The molecule has 0 radical (unpaired) electrons. The normalized spacial score (nSPS) is 25.8. The number of nitrogens with one attached hydrogen (secondary N) is 1. The van der Waals surface area contributed by atoms with Gasteiger partial charge in [-0.3, -0.25) is 4.79 Å². The molecule has 3 atom stereocenters. The Balaban J connectivity index is 2.07. The minimum atomic E-state index is -0.268. The number of rotatable bonds is 5. The van der Waals surface area contributed by atoms with Crippen molar-refractivity contribution >= 4 is 17.3 Å². The Labute approximate surface area is 130 Å². The summed E-state index contributed by atoms with van der Waals surface area (Å²) in [4.78, 5) is 12.1. The van der Waals surface area contributed by atoms with Crippen LogP contribution in [-0.4, -0.2) is 29.5 Å². The van der Waals surface area contributed by atoms with Gasteiger partial charge in [-0.1, -0.05) is 25.4 Å². The Hall–Kier alpha value is -1.07. The molecule has 1 aromatic heterocycles. The number of halogens is 1. The number of ether oxygens (including phenoxy) is 1. The van der Waals surface area contributed by atoms with Crippen molar-refractivity contribution < 1.29 is 4.74 Å². The Morgan fingerprint density at radius 1 is 1.43 bits per heavy atom. The van der Waals surface area contributed by atoms with Crippen LogP contribution < -0.4 is 10.9 Å². The van der Waals surface area contributed by atoms with Crippen molar-refractivity contribution in [3.05, 3.63) is 21.6 Å². The summed E-state index contributed by atoms with van der Waals surface area (Å²) in [5, 5.41) is 7.75. The van der Waals surface area contributed by atoms with Crippen molar-refractivity contribution in [1.29, 1.82) is 0 Å². The molecule has 118 valence electrons. The highest BCUT2D eigenvalue weighted by molar-refractivity contribution is 6.32. The molecule has 1 aliphatic rings. The number of aromatic nitrogens is 2. The van der Waals surface area contributed by atoms with E-state index >= 15 is 0 Å². The first-order chi connectivity index (χ1) is 10.0. The van der Waals surface area contributed by atoms with Crippen LogP contribution in [0.5, 0.6) is 0 Å². The highest BCUT2D eigenvalue weighted by Crippen LogP contribution is 2.31. The summed E-state index contributed by atoms with van der Waals surface area (Å²) in [6.07, 6.45) is 5.05. The first-order valence-corrected chi connectivity index (χ1v) is 7.91. The van der Waals surface area contributed by atoms with Gasteiger partial charge in [-0.2, -0.15) is 5.10 Å². The quantitative estimate of drug-likeness (QED) is 0.908. The molecule has 1 N–H and O–H groups in total. The Morgan fingerprint density at radius 2 is 2.19 bits per heavy atom. The fourth-order valence-corrected chi connectivity index (χ4v) is 3.00. The highest BCUT2D eigenvalue weighted by atomic mass is 35.5. The lowest BCUT2D eigenvalue weighted by Crippen LogP contribution is -2.32. The zero-order valence-electron chi connectivity index (χ0n) is 12.9. The van der Waals surface area contributed by atoms with Crippen LogP contribution in [-0.2, 0) is 11.3 Å². The van der Waals surface area contributed by atoms with Gasteiger partial charge in [0.15, 0.2) is 0 Å². The predicted molar refractivity (Wildman–Crippen MR) is 85.0 cm³/mol. The van der Waals surface area contributed by atoms with Crippen LogP contribution in [0.4, 0.5) is 5.69 Å². The van der Waals surface area contributed by atoms with Gasteiger partial charge in [0, 0.05) is 13.2 Å². The number of nitrogens with zero attached hydrogens (tertiary/aromatic N) is 2. The SMILES string of the molecule is COCCn1ncc(NC2CCC(C)C(C)C2)c(Cl)c1=O. The fraction of sp³-hybridized carbons (Fsp3) is 0.733. The average Bonchev–Trinajstić information content (AvgIpc) is 2.47. The van der Waals surface area contributed by atoms with E-state index in [1.54, 1.807) is 13.3 Å². The monoisotopic (exact) mass is 313 g/mol. The van der Waals surface area contributed by atoms with Crippen LogP contribution >= 0.6 is 11.6 Å². The minimum Gasteiger partial charge on any atom is -0.383 e. The van der Waals surface area contributed by atoms with Crippen LogP contribution in [0.1, 0.15) is 33.1 Å². The molecule has 1 fully saturated rings. The fourth-order valence-electron chi connectivity index (χ4n) is 2.80. The zero-order valence-corrected chi connectivity index (χ0v) is 13.7. The van der Waals surface area contributed by atoms with Crippen molar-refractivity contribution in [1.82, 2.24) is 9.78 Å². The maximum absolute atomic E-state index is 12.1. The second-order valence-corrected chi connectivity index (χ2v) is 6.38. The molecule has 0 amide bonds. The van der Waals surface area contributed by atoms with Crippen molar-refractivity contribution in [3.63, 3.8) is 0 Å². The van der Waals surface area contributed by atoms with Gasteiger partial charge in [0.2, 0.25) is 0 Å². The van der Waals surface area contributed by atoms with Crippen molar-refractivity contribution in [2.45, 2.75) is 45.7 Å². The van der Waals surface area contributed by atoms with Crippen LogP contribution in [0.15, 0.2) is 11.0 Å². The molecule has 0 bridgehead atoms. The van der Waals surface area contributed by atoms with Gasteiger partial charge < -0.3 is 10.1 Å². The van der Waals surface area contributed by atoms with E-state index in [0.717, 1.165) is 18.8 Å². The Kier molecular flexibility index (Phi) is 5.65. The minimum absolute atomic E-state index is 0.215. The molecule has 0 saturated heterocycles. The van der Waals surface area contributed by atoms with Gasteiger partial charge >= 0.3 is 0 Å². The molecule has 1 heterocycles. The summed E-state index contributed by atoms with van der Waals surface area (Å²) >= 11 is 6.18. The number of anilines is 1. The molecule has 1 aromatic rings. The molecule has 1 aliphatic carbocycles. The van der Waals surface area contributed by atoms with E-state index in [0.29, 0.717) is 30.8 Å². The van der Waals surface area contributed by atoms with Crippen LogP contribution in [0.3, 0.4) is 0 Å². The van der Waals surface area contributed by atoms with Crippen molar-refractivity contribution in [2.24, 2.45) is 11.8 Å². The largest absolute Gasteiger partial charge is 0.383 e. The van der Waals surface area contributed by atoms with E-state index in [4.69, 9.17) is 16.3 Å². The summed E-state index contributed by atoms with van der Waals surface area (Å²) in [5.41, 5.74) is 0.373. The molecule has 6 heteroatoms. The zero-order chi connectivity index (χ0) is 15.4. The highest BCUT2D eigenvalue weighted by Gasteiger charge is 2.25. The average molecular weight is 314 g/mol. The van der Waals surface area contributed by atoms with Crippen LogP contribution in [0.2, 0.25) is 5.02 Å². The number of hydrogen-bond acceptors (Lipinski definition) is 4. The second kappa shape index (κ2) is 7.27. The first kappa shape index (κ1) is 16.3. The van der Waals surface area contributed by atoms with E-state index < -0.39 is 0 Å².